The van der Waals surface area contributed by atoms with Gasteiger partial charge in [-0.15, -0.1) is 0 Å². The van der Waals surface area contributed by atoms with Crippen LogP contribution in [-0.2, 0) is 11.0 Å². The fourth-order valence-corrected chi connectivity index (χ4v) is 4.01. The Kier molecular flexibility index (Phi) is 6.06. The summed E-state index contributed by atoms with van der Waals surface area (Å²) in [6, 6.07) is 3.48. The molecule has 1 aliphatic rings. The SMILES string of the molecule is CC(C)(C)S(=O)N[C@@H](c1cccc(F)c1Cl)C1(O)CCC(F)CC1. The topological polar surface area (TPSA) is 49.3 Å². The van der Waals surface area contributed by atoms with Crippen molar-refractivity contribution in [3.63, 3.8) is 0 Å². The first-order valence-electron chi connectivity index (χ1n) is 8.03. The van der Waals surface area contributed by atoms with Crippen LogP contribution < -0.4 is 4.72 Å². The molecule has 1 fully saturated rings. The van der Waals surface area contributed by atoms with Crippen LogP contribution >= 0.6 is 11.6 Å². The summed E-state index contributed by atoms with van der Waals surface area (Å²) in [4.78, 5) is 0. The second kappa shape index (κ2) is 7.36. The Morgan fingerprint density at radius 2 is 1.96 bits per heavy atom. The van der Waals surface area contributed by atoms with Gasteiger partial charge in [-0.1, -0.05) is 23.7 Å². The number of rotatable bonds is 4. The summed E-state index contributed by atoms with van der Waals surface area (Å²) >= 11 is 6.10. The highest BCUT2D eigenvalue weighted by atomic mass is 35.5. The Bertz CT molecular complexity index is 613. The lowest BCUT2D eigenvalue weighted by atomic mass is 9.76. The van der Waals surface area contributed by atoms with Crippen molar-refractivity contribution in [1.29, 1.82) is 0 Å². The molecule has 0 spiro atoms. The summed E-state index contributed by atoms with van der Waals surface area (Å²) < 4.78 is 42.3. The Labute approximate surface area is 149 Å². The Morgan fingerprint density at radius 1 is 1.38 bits per heavy atom. The number of halogens is 3. The van der Waals surface area contributed by atoms with E-state index in [0.29, 0.717) is 5.56 Å². The van der Waals surface area contributed by atoms with Crippen LogP contribution in [0.1, 0.15) is 58.1 Å². The van der Waals surface area contributed by atoms with Crippen molar-refractivity contribution in [3.8, 4) is 0 Å². The Hall–Kier alpha value is -0.560. The van der Waals surface area contributed by atoms with Crippen LogP contribution in [0.25, 0.3) is 0 Å². The van der Waals surface area contributed by atoms with E-state index in [-0.39, 0.29) is 30.7 Å². The minimum absolute atomic E-state index is 0.114. The van der Waals surface area contributed by atoms with Gasteiger partial charge in [0.15, 0.2) is 0 Å². The molecule has 24 heavy (non-hydrogen) atoms. The molecule has 1 aliphatic carbocycles. The predicted molar refractivity (Wildman–Crippen MR) is 93.5 cm³/mol. The zero-order valence-electron chi connectivity index (χ0n) is 14.1. The van der Waals surface area contributed by atoms with E-state index < -0.39 is 39.4 Å². The van der Waals surface area contributed by atoms with Gasteiger partial charge in [0.2, 0.25) is 0 Å². The van der Waals surface area contributed by atoms with Gasteiger partial charge in [0.25, 0.3) is 0 Å². The fraction of sp³-hybridized carbons (Fsp3) is 0.647. The van der Waals surface area contributed by atoms with Gasteiger partial charge in [0.05, 0.1) is 32.4 Å². The summed E-state index contributed by atoms with van der Waals surface area (Å²) in [7, 11) is -1.50. The highest BCUT2D eigenvalue weighted by Crippen LogP contribution is 2.42. The minimum Gasteiger partial charge on any atom is -0.388 e. The second-order valence-electron chi connectivity index (χ2n) is 7.35. The van der Waals surface area contributed by atoms with Crippen molar-refractivity contribution in [2.45, 2.75) is 69.0 Å². The molecule has 0 saturated heterocycles. The normalized spacial score (nSPS) is 27.7. The van der Waals surface area contributed by atoms with Crippen molar-refractivity contribution in [2.24, 2.45) is 0 Å². The van der Waals surface area contributed by atoms with Crippen LogP contribution in [0.5, 0.6) is 0 Å². The van der Waals surface area contributed by atoms with Crippen LogP contribution in [0.3, 0.4) is 0 Å². The molecule has 1 unspecified atom stereocenters. The van der Waals surface area contributed by atoms with Crippen LogP contribution in [0.2, 0.25) is 5.02 Å². The van der Waals surface area contributed by atoms with E-state index in [4.69, 9.17) is 11.6 Å². The first-order chi connectivity index (χ1) is 11.0. The maximum absolute atomic E-state index is 13.9. The lowest BCUT2D eigenvalue weighted by Gasteiger charge is -2.41. The monoisotopic (exact) mass is 379 g/mol. The van der Waals surface area contributed by atoms with E-state index >= 15 is 0 Å². The second-order valence-corrected chi connectivity index (χ2v) is 9.73. The zero-order valence-corrected chi connectivity index (χ0v) is 15.7. The fourth-order valence-electron chi connectivity index (χ4n) is 2.86. The molecule has 1 aromatic carbocycles. The zero-order chi connectivity index (χ0) is 18.1. The highest BCUT2D eigenvalue weighted by molar-refractivity contribution is 7.84. The van der Waals surface area contributed by atoms with E-state index in [1.807, 2.05) is 0 Å². The molecule has 0 aliphatic heterocycles. The molecule has 0 heterocycles. The molecular formula is C17H24ClF2NO2S. The van der Waals surface area contributed by atoms with Crippen molar-refractivity contribution in [3.05, 3.63) is 34.6 Å². The molecule has 136 valence electrons. The van der Waals surface area contributed by atoms with Gasteiger partial charge in [-0.05, 0) is 58.1 Å². The van der Waals surface area contributed by atoms with Crippen molar-refractivity contribution in [1.82, 2.24) is 4.72 Å². The predicted octanol–water partition coefficient (Wildman–Crippen LogP) is 4.22. The van der Waals surface area contributed by atoms with Gasteiger partial charge < -0.3 is 5.11 Å². The first kappa shape index (κ1) is 19.8. The van der Waals surface area contributed by atoms with E-state index in [9.17, 15) is 18.1 Å². The molecule has 2 atom stereocenters. The minimum atomic E-state index is -1.50. The number of alkyl halides is 1. The number of hydrogen-bond donors (Lipinski definition) is 2. The molecule has 3 nitrogen and oxygen atoms in total. The summed E-state index contributed by atoms with van der Waals surface area (Å²) in [5.74, 6) is -0.606. The first-order valence-corrected chi connectivity index (χ1v) is 9.56. The molecule has 1 aromatic rings. The lowest BCUT2D eigenvalue weighted by molar-refractivity contribution is -0.0405. The number of nitrogens with one attached hydrogen (secondary N) is 1. The quantitative estimate of drug-likeness (QED) is 0.823. The molecule has 0 amide bonds. The molecule has 7 heteroatoms. The summed E-state index contributed by atoms with van der Waals surface area (Å²) in [5, 5.41) is 11.0. The summed E-state index contributed by atoms with van der Waals surface area (Å²) in [6.07, 6.45) is -0.143. The smallest absolute Gasteiger partial charge is 0.142 e. The lowest BCUT2D eigenvalue weighted by Crippen LogP contribution is -2.49. The summed E-state index contributed by atoms with van der Waals surface area (Å²) in [5.41, 5.74) is -0.991. The van der Waals surface area contributed by atoms with E-state index in [0.717, 1.165) is 0 Å². The third-order valence-corrected chi connectivity index (χ3v) is 6.35. The van der Waals surface area contributed by atoms with E-state index in [2.05, 4.69) is 4.72 Å². The molecule has 0 radical (unpaired) electrons. The van der Waals surface area contributed by atoms with E-state index in [1.54, 1.807) is 26.8 Å². The van der Waals surface area contributed by atoms with Crippen molar-refractivity contribution >= 4 is 22.6 Å². The maximum atomic E-state index is 13.9. The molecular weight excluding hydrogens is 356 g/mol. The molecule has 1 saturated carbocycles. The van der Waals surface area contributed by atoms with Gasteiger partial charge in [-0.3, -0.25) is 0 Å². The van der Waals surface area contributed by atoms with Gasteiger partial charge in [-0.2, -0.15) is 0 Å². The number of hydrogen-bond acceptors (Lipinski definition) is 2. The third kappa shape index (κ3) is 4.34. The molecule has 2 rings (SSSR count). The van der Waals surface area contributed by atoms with Crippen molar-refractivity contribution in [2.75, 3.05) is 0 Å². The number of aliphatic hydroxyl groups is 1. The average Bonchev–Trinajstić information content (AvgIpc) is 2.50. The molecule has 0 aromatic heterocycles. The van der Waals surface area contributed by atoms with Gasteiger partial charge in [-0.25, -0.2) is 17.7 Å². The van der Waals surface area contributed by atoms with Gasteiger partial charge >= 0.3 is 0 Å². The average molecular weight is 380 g/mol. The van der Waals surface area contributed by atoms with Crippen LogP contribution in [0.15, 0.2) is 18.2 Å². The van der Waals surface area contributed by atoms with Crippen molar-refractivity contribution < 1.29 is 18.1 Å². The van der Waals surface area contributed by atoms with Crippen LogP contribution in [0, 0.1) is 5.82 Å². The van der Waals surface area contributed by atoms with Crippen LogP contribution in [-0.4, -0.2) is 25.8 Å². The third-order valence-electron chi connectivity index (χ3n) is 4.39. The Morgan fingerprint density at radius 3 is 2.50 bits per heavy atom. The Balaban J connectivity index is 2.42. The number of benzene rings is 1. The largest absolute Gasteiger partial charge is 0.388 e. The summed E-state index contributed by atoms with van der Waals surface area (Å²) in [6.45, 7) is 5.38. The maximum Gasteiger partial charge on any atom is 0.142 e. The van der Waals surface area contributed by atoms with Crippen LogP contribution in [0.4, 0.5) is 8.78 Å². The highest BCUT2D eigenvalue weighted by Gasteiger charge is 2.43. The van der Waals surface area contributed by atoms with Gasteiger partial charge in [0, 0.05) is 0 Å². The van der Waals surface area contributed by atoms with Gasteiger partial charge in [0.1, 0.15) is 12.0 Å². The van der Waals surface area contributed by atoms with E-state index in [1.165, 1.54) is 12.1 Å². The molecule has 2 N–H and O–H groups in total. The molecule has 0 bridgehead atoms. The standard InChI is InChI=1S/C17H24ClF2NO2S/c1-16(2,3)24(23)21-15(12-5-4-6-13(20)14(12)18)17(22)9-7-11(19)8-10-17/h4-6,11,15,21-22H,7-10H2,1-3H3/t11?,15-,17?,24?/m0/s1.